The lowest BCUT2D eigenvalue weighted by molar-refractivity contribution is -0.128. The first-order chi connectivity index (χ1) is 10.5. The van der Waals surface area contributed by atoms with E-state index in [1.54, 1.807) is 4.90 Å². The van der Waals surface area contributed by atoms with Crippen molar-refractivity contribution in [2.45, 2.75) is 44.8 Å². The summed E-state index contributed by atoms with van der Waals surface area (Å²) in [5.41, 5.74) is 0.903. The van der Waals surface area contributed by atoms with Gasteiger partial charge in [-0.2, -0.15) is 0 Å². The lowest BCUT2D eigenvalue weighted by atomic mass is 10.0. The Labute approximate surface area is 132 Å². The van der Waals surface area contributed by atoms with Crippen LogP contribution in [0.4, 0.5) is 0 Å². The minimum Gasteiger partial charge on any atom is -0.353 e. The maximum atomic E-state index is 12.6. The summed E-state index contributed by atoms with van der Waals surface area (Å²) < 4.78 is 0. The Kier molecular flexibility index (Phi) is 5.55. The van der Waals surface area contributed by atoms with Crippen LogP contribution in [0.25, 0.3) is 0 Å². The first-order valence-electron chi connectivity index (χ1n) is 7.82. The van der Waals surface area contributed by atoms with Crippen molar-refractivity contribution in [1.29, 1.82) is 0 Å². The number of hydrogen-bond acceptors (Lipinski definition) is 3. The van der Waals surface area contributed by atoms with Crippen LogP contribution in [0.15, 0.2) is 30.3 Å². The molecule has 0 saturated heterocycles. The van der Waals surface area contributed by atoms with E-state index in [0.29, 0.717) is 6.04 Å². The van der Waals surface area contributed by atoms with E-state index in [1.807, 2.05) is 51.2 Å². The zero-order valence-corrected chi connectivity index (χ0v) is 13.5. The SMILES string of the molecule is CC(C)NC(=O)CN(C)C(C(=O)NC1CC1)c1ccccc1. The van der Waals surface area contributed by atoms with Crippen molar-refractivity contribution in [2.24, 2.45) is 0 Å². The van der Waals surface area contributed by atoms with Gasteiger partial charge in [-0.1, -0.05) is 30.3 Å². The van der Waals surface area contributed by atoms with Gasteiger partial charge in [-0.25, -0.2) is 0 Å². The highest BCUT2D eigenvalue weighted by atomic mass is 16.2. The second-order valence-electron chi connectivity index (χ2n) is 6.23. The topological polar surface area (TPSA) is 61.4 Å². The maximum Gasteiger partial charge on any atom is 0.242 e. The number of hydrogen-bond donors (Lipinski definition) is 2. The third-order valence-electron chi connectivity index (χ3n) is 3.57. The zero-order chi connectivity index (χ0) is 16.1. The summed E-state index contributed by atoms with van der Waals surface area (Å²) in [5, 5.41) is 5.89. The molecule has 1 fully saturated rings. The summed E-state index contributed by atoms with van der Waals surface area (Å²) in [5.74, 6) is -0.105. The molecule has 2 amide bonds. The molecule has 22 heavy (non-hydrogen) atoms. The Morgan fingerprint density at radius 3 is 2.41 bits per heavy atom. The molecule has 120 valence electrons. The van der Waals surface area contributed by atoms with E-state index in [9.17, 15) is 9.59 Å². The molecule has 0 aliphatic heterocycles. The Morgan fingerprint density at radius 2 is 1.86 bits per heavy atom. The molecule has 5 nitrogen and oxygen atoms in total. The predicted octanol–water partition coefficient (Wildman–Crippen LogP) is 1.46. The van der Waals surface area contributed by atoms with Crippen LogP contribution in [0.5, 0.6) is 0 Å². The summed E-state index contributed by atoms with van der Waals surface area (Å²) in [6.07, 6.45) is 2.09. The fraction of sp³-hybridized carbons (Fsp3) is 0.529. The van der Waals surface area contributed by atoms with Gasteiger partial charge in [-0.05, 0) is 39.3 Å². The highest BCUT2D eigenvalue weighted by Gasteiger charge is 2.31. The lowest BCUT2D eigenvalue weighted by Crippen LogP contribution is -2.45. The van der Waals surface area contributed by atoms with E-state index in [4.69, 9.17) is 0 Å². The number of nitrogens with zero attached hydrogens (tertiary/aromatic N) is 1. The van der Waals surface area contributed by atoms with E-state index in [1.165, 1.54) is 0 Å². The average Bonchev–Trinajstić information content (AvgIpc) is 3.22. The summed E-state index contributed by atoms with van der Waals surface area (Å²) in [6.45, 7) is 4.04. The molecule has 1 atom stereocenters. The smallest absolute Gasteiger partial charge is 0.242 e. The second kappa shape index (κ2) is 7.40. The number of benzene rings is 1. The highest BCUT2D eigenvalue weighted by molar-refractivity contribution is 5.85. The molecule has 0 spiro atoms. The van der Waals surface area contributed by atoms with Crippen LogP contribution in [0.2, 0.25) is 0 Å². The molecule has 1 saturated carbocycles. The molecule has 2 N–H and O–H groups in total. The van der Waals surface area contributed by atoms with Crippen molar-refractivity contribution in [3.63, 3.8) is 0 Å². The monoisotopic (exact) mass is 303 g/mol. The molecular weight excluding hydrogens is 278 g/mol. The van der Waals surface area contributed by atoms with Crippen molar-refractivity contribution in [2.75, 3.05) is 13.6 Å². The molecular formula is C17H25N3O2. The second-order valence-corrected chi connectivity index (χ2v) is 6.23. The van der Waals surface area contributed by atoms with Crippen molar-refractivity contribution in [3.05, 3.63) is 35.9 Å². The van der Waals surface area contributed by atoms with Crippen molar-refractivity contribution in [1.82, 2.24) is 15.5 Å². The number of likely N-dealkylation sites (N-methyl/N-ethyl adjacent to an activating group) is 1. The molecule has 1 aliphatic rings. The quantitative estimate of drug-likeness (QED) is 0.802. The number of carbonyl (C=O) groups is 2. The Morgan fingerprint density at radius 1 is 1.23 bits per heavy atom. The molecule has 0 radical (unpaired) electrons. The van der Waals surface area contributed by atoms with Crippen LogP contribution in [0, 0.1) is 0 Å². The number of amides is 2. The van der Waals surface area contributed by atoms with Crippen molar-refractivity contribution in [3.8, 4) is 0 Å². The van der Waals surface area contributed by atoms with Crippen LogP contribution >= 0.6 is 0 Å². The van der Waals surface area contributed by atoms with E-state index in [2.05, 4.69) is 10.6 Å². The standard InChI is InChI=1S/C17H25N3O2/c1-12(2)18-15(21)11-20(3)16(13-7-5-4-6-8-13)17(22)19-14-9-10-14/h4-8,12,14,16H,9-11H2,1-3H3,(H,18,21)(H,19,22). The van der Waals surface area contributed by atoms with Crippen molar-refractivity contribution >= 4 is 11.8 Å². The number of nitrogens with one attached hydrogen (secondary N) is 2. The fourth-order valence-corrected chi connectivity index (χ4v) is 2.43. The minimum atomic E-state index is -0.445. The summed E-state index contributed by atoms with van der Waals surface area (Å²) in [7, 11) is 1.81. The fourth-order valence-electron chi connectivity index (χ4n) is 2.43. The van der Waals surface area contributed by atoms with E-state index in [-0.39, 0.29) is 24.4 Å². The third-order valence-corrected chi connectivity index (χ3v) is 3.57. The summed E-state index contributed by atoms with van der Waals surface area (Å²) >= 11 is 0. The average molecular weight is 303 g/mol. The van der Waals surface area contributed by atoms with Crippen LogP contribution in [0.3, 0.4) is 0 Å². The van der Waals surface area contributed by atoms with Gasteiger partial charge in [0.1, 0.15) is 6.04 Å². The van der Waals surface area contributed by atoms with Crippen LogP contribution in [-0.2, 0) is 9.59 Å². The van der Waals surface area contributed by atoms with Gasteiger partial charge in [0.05, 0.1) is 6.54 Å². The van der Waals surface area contributed by atoms with Gasteiger partial charge < -0.3 is 10.6 Å². The largest absolute Gasteiger partial charge is 0.353 e. The van der Waals surface area contributed by atoms with Gasteiger partial charge in [-0.15, -0.1) is 0 Å². The predicted molar refractivity (Wildman–Crippen MR) is 86.3 cm³/mol. The summed E-state index contributed by atoms with van der Waals surface area (Å²) in [6, 6.07) is 9.55. The van der Waals surface area contributed by atoms with E-state index >= 15 is 0 Å². The third kappa shape index (κ3) is 4.84. The molecule has 1 aliphatic carbocycles. The zero-order valence-electron chi connectivity index (χ0n) is 13.5. The Hall–Kier alpha value is -1.88. The molecule has 1 aromatic carbocycles. The molecule has 0 aromatic heterocycles. The Balaban J connectivity index is 2.08. The number of carbonyl (C=O) groups excluding carboxylic acids is 2. The number of rotatable bonds is 7. The van der Waals surface area contributed by atoms with Crippen LogP contribution in [0.1, 0.15) is 38.3 Å². The molecule has 0 bridgehead atoms. The van der Waals surface area contributed by atoms with Gasteiger partial charge in [0.25, 0.3) is 0 Å². The Bertz CT molecular complexity index is 512. The van der Waals surface area contributed by atoms with E-state index in [0.717, 1.165) is 18.4 Å². The van der Waals surface area contributed by atoms with Gasteiger partial charge in [0.15, 0.2) is 0 Å². The lowest BCUT2D eigenvalue weighted by Gasteiger charge is -2.27. The molecule has 2 rings (SSSR count). The highest BCUT2D eigenvalue weighted by Crippen LogP contribution is 2.24. The molecule has 5 heteroatoms. The van der Waals surface area contributed by atoms with Gasteiger partial charge >= 0.3 is 0 Å². The first-order valence-corrected chi connectivity index (χ1v) is 7.82. The normalized spacial score (nSPS) is 15.7. The van der Waals surface area contributed by atoms with Gasteiger partial charge in [-0.3, -0.25) is 14.5 Å². The molecule has 1 unspecified atom stereocenters. The molecule has 1 aromatic rings. The minimum absolute atomic E-state index is 0.0338. The molecule has 0 heterocycles. The van der Waals surface area contributed by atoms with Crippen LogP contribution < -0.4 is 10.6 Å². The van der Waals surface area contributed by atoms with Crippen LogP contribution in [-0.4, -0.2) is 42.4 Å². The summed E-state index contributed by atoms with van der Waals surface area (Å²) in [4.78, 5) is 26.3. The van der Waals surface area contributed by atoms with Gasteiger partial charge in [0.2, 0.25) is 11.8 Å². The van der Waals surface area contributed by atoms with Crippen molar-refractivity contribution < 1.29 is 9.59 Å². The maximum absolute atomic E-state index is 12.6. The van der Waals surface area contributed by atoms with Gasteiger partial charge in [0, 0.05) is 12.1 Å². The van der Waals surface area contributed by atoms with E-state index < -0.39 is 6.04 Å². The first kappa shape index (κ1) is 16.5.